The van der Waals surface area contributed by atoms with Crippen LogP contribution in [-0.2, 0) is 4.74 Å². The Morgan fingerprint density at radius 3 is 2.58 bits per heavy atom. The Morgan fingerprint density at radius 2 is 2.05 bits per heavy atom. The predicted octanol–water partition coefficient (Wildman–Crippen LogP) is 3.66. The average molecular weight is 265 g/mol. The predicted molar refractivity (Wildman–Crippen MR) is 75.9 cm³/mol. The lowest BCUT2D eigenvalue weighted by atomic mass is 9.95. The minimum absolute atomic E-state index is 0.0869. The number of rotatable bonds is 5. The molecule has 0 aliphatic carbocycles. The molecule has 0 radical (unpaired) electrons. The summed E-state index contributed by atoms with van der Waals surface area (Å²) in [4.78, 5) is 0. The van der Waals surface area contributed by atoms with Crippen molar-refractivity contribution in [3.05, 3.63) is 34.6 Å². The van der Waals surface area contributed by atoms with Gasteiger partial charge < -0.3 is 10.1 Å². The average Bonchev–Trinajstić information content (AvgIpc) is 2.88. The number of hydrogen-bond donors (Lipinski definition) is 1. The molecule has 0 aromatic heterocycles. The summed E-state index contributed by atoms with van der Waals surface area (Å²) in [5.74, 6) is -0.0869. The SMILES string of the molecule is CCNC(CC1CCCO1)c1cc(C)c(F)c(C)c1. The lowest BCUT2D eigenvalue weighted by molar-refractivity contribution is 0.0947. The lowest BCUT2D eigenvalue weighted by Gasteiger charge is -2.22. The zero-order chi connectivity index (χ0) is 13.8. The van der Waals surface area contributed by atoms with Crippen molar-refractivity contribution in [1.29, 1.82) is 0 Å². The summed E-state index contributed by atoms with van der Waals surface area (Å²) in [5, 5.41) is 3.50. The van der Waals surface area contributed by atoms with E-state index in [0.717, 1.165) is 43.5 Å². The number of hydrogen-bond acceptors (Lipinski definition) is 2. The van der Waals surface area contributed by atoms with Gasteiger partial charge in [0.1, 0.15) is 5.82 Å². The standard InChI is InChI=1S/C16H24FNO/c1-4-18-15(10-14-6-5-7-19-14)13-8-11(2)16(17)12(3)9-13/h8-9,14-15,18H,4-7,10H2,1-3H3. The Kier molecular flexibility index (Phi) is 4.94. The van der Waals surface area contributed by atoms with E-state index in [-0.39, 0.29) is 11.9 Å². The van der Waals surface area contributed by atoms with Gasteiger partial charge in [0.15, 0.2) is 0 Å². The molecular formula is C16H24FNO. The minimum atomic E-state index is -0.0869. The third-order valence-corrected chi connectivity index (χ3v) is 3.83. The highest BCUT2D eigenvalue weighted by molar-refractivity contribution is 5.32. The quantitative estimate of drug-likeness (QED) is 0.877. The van der Waals surface area contributed by atoms with Crippen LogP contribution in [0.2, 0.25) is 0 Å². The third kappa shape index (κ3) is 3.54. The summed E-state index contributed by atoms with van der Waals surface area (Å²) < 4.78 is 19.4. The molecule has 1 N–H and O–H groups in total. The van der Waals surface area contributed by atoms with Gasteiger partial charge in [-0.3, -0.25) is 0 Å². The van der Waals surface area contributed by atoms with Crippen molar-refractivity contribution in [1.82, 2.24) is 5.32 Å². The first-order chi connectivity index (χ1) is 9.11. The van der Waals surface area contributed by atoms with E-state index in [9.17, 15) is 4.39 Å². The largest absolute Gasteiger partial charge is 0.378 e. The fraction of sp³-hybridized carbons (Fsp3) is 0.625. The van der Waals surface area contributed by atoms with Gasteiger partial charge in [0.25, 0.3) is 0 Å². The molecule has 2 nitrogen and oxygen atoms in total. The Hall–Kier alpha value is -0.930. The normalized spacial score (nSPS) is 20.7. The zero-order valence-corrected chi connectivity index (χ0v) is 12.1. The van der Waals surface area contributed by atoms with Crippen molar-refractivity contribution in [3.8, 4) is 0 Å². The van der Waals surface area contributed by atoms with Gasteiger partial charge in [0.05, 0.1) is 6.10 Å². The minimum Gasteiger partial charge on any atom is -0.378 e. The van der Waals surface area contributed by atoms with Crippen LogP contribution in [0.15, 0.2) is 12.1 Å². The van der Waals surface area contributed by atoms with E-state index in [1.54, 1.807) is 0 Å². The number of aryl methyl sites for hydroxylation is 2. The number of halogens is 1. The Labute approximate surface area is 115 Å². The van der Waals surface area contributed by atoms with Crippen LogP contribution in [0.5, 0.6) is 0 Å². The van der Waals surface area contributed by atoms with Crippen LogP contribution >= 0.6 is 0 Å². The molecule has 2 rings (SSSR count). The van der Waals surface area contributed by atoms with Crippen LogP contribution in [0.25, 0.3) is 0 Å². The van der Waals surface area contributed by atoms with E-state index in [4.69, 9.17) is 4.74 Å². The Balaban J connectivity index is 2.17. The third-order valence-electron chi connectivity index (χ3n) is 3.83. The topological polar surface area (TPSA) is 21.3 Å². The molecule has 1 aromatic rings. The molecule has 3 heteroatoms. The molecule has 19 heavy (non-hydrogen) atoms. The lowest BCUT2D eigenvalue weighted by Crippen LogP contribution is -2.25. The summed E-state index contributed by atoms with van der Waals surface area (Å²) >= 11 is 0. The van der Waals surface area contributed by atoms with Crippen LogP contribution in [0.1, 0.15) is 48.9 Å². The summed E-state index contributed by atoms with van der Waals surface area (Å²) in [7, 11) is 0. The number of nitrogens with one attached hydrogen (secondary N) is 1. The second kappa shape index (κ2) is 6.49. The van der Waals surface area contributed by atoms with Crippen LogP contribution in [0.3, 0.4) is 0 Å². The van der Waals surface area contributed by atoms with Gasteiger partial charge in [0.2, 0.25) is 0 Å². The first-order valence-electron chi connectivity index (χ1n) is 7.23. The summed E-state index contributed by atoms with van der Waals surface area (Å²) in [6, 6.07) is 4.18. The van der Waals surface area contributed by atoms with Crippen LogP contribution in [0, 0.1) is 19.7 Å². The molecule has 2 atom stereocenters. The first-order valence-corrected chi connectivity index (χ1v) is 7.23. The molecule has 2 unspecified atom stereocenters. The number of benzene rings is 1. The molecule has 1 aromatic carbocycles. The molecule has 0 bridgehead atoms. The van der Waals surface area contributed by atoms with Gasteiger partial charge in [-0.1, -0.05) is 19.1 Å². The van der Waals surface area contributed by atoms with E-state index in [2.05, 4.69) is 12.2 Å². The summed E-state index contributed by atoms with van der Waals surface area (Å²) in [6.45, 7) is 7.56. The van der Waals surface area contributed by atoms with Gasteiger partial charge in [-0.05, 0) is 56.3 Å². The molecule has 0 amide bonds. The fourth-order valence-corrected chi connectivity index (χ4v) is 2.86. The number of ether oxygens (including phenoxy) is 1. The van der Waals surface area contributed by atoms with Crippen LogP contribution in [-0.4, -0.2) is 19.3 Å². The van der Waals surface area contributed by atoms with Gasteiger partial charge in [-0.15, -0.1) is 0 Å². The van der Waals surface area contributed by atoms with Crippen LogP contribution < -0.4 is 5.32 Å². The second-order valence-electron chi connectivity index (χ2n) is 5.45. The molecule has 1 aliphatic rings. The van der Waals surface area contributed by atoms with Crippen molar-refractivity contribution in [2.75, 3.05) is 13.2 Å². The highest BCUT2D eigenvalue weighted by Crippen LogP contribution is 2.27. The van der Waals surface area contributed by atoms with Gasteiger partial charge in [-0.25, -0.2) is 4.39 Å². The Bertz CT molecular complexity index is 404. The molecule has 0 saturated carbocycles. The van der Waals surface area contributed by atoms with Crippen molar-refractivity contribution in [2.24, 2.45) is 0 Å². The summed E-state index contributed by atoms with van der Waals surface area (Å²) in [5.41, 5.74) is 2.63. The van der Waals surface area contributed by atoms with E-state index in [1.807, 2.05) is 26.0 Å². The molecule has 1 heterocycles. The Morgan fingerprint density at radius 1 is 1.37 bits per heavy atom. The monoisotopic (exact) mass is 265 g/mol. The van der Waals surface area contributed by atoms with Gasteiger partial charge in [0, 0.05) is 12.6 Å². The molecule has 1 saturated heterocycles. The van der Waals surface area contributed by atoms with E-state index in [1.165, 1.54) is 5.56 Å². The van der Waals surface area contributed by atoms with Crippen molar-refractivity contribution >= 4 is 0 Å². The zero-order valence-electron chi connectivity index (χ0n) is 12.1. The first kappa shape index (κ1) is 14.5. The molecule has 1 aliphatic heterocycles. The molecule has 0 spiro atoms. The van der Waals surface area contributed by atoms with Crippen molar-refractivity contribution in [2.45, 2.75) is 52.2 Å². The van der Waals surface area contributed by atoms with E-state index < -0.39 is 0 Å². The van der Waals surface area contributed by atoms with Crippen LogP contribution in [0.4, 0.5) is 4.39 Å². The molecule has 1 fully saturated rings. The highest BCUT2D eigenvalue weighted by atomic mass is 19.1. The van der Waals surface area contributed by atoms with E-state index >= 15 is 0 Å². The van der Waals surface area contributed by atoms with Gasteiger partial charge in [-0.2, -0.15) is 0 Å². The summed E-state index contributed by atoms with van der Waals surface area (Å²) in [6.07, 6.45) is 3.61. The molecule has 106 valence electrons. The fourth-order valence-electron chi connectivity index (χ4n) is 2.86. The second-order valence-corrected chi connectivity index (χ2v) is 5.45. The van der Waals surface area contributed by atoms with Crippen molar-refractivity contribution in [3.63, 3.8) is 0 Å². The maximum Gasteiger partial charge on any atom is 0.129 e. The maximum absolute atomic E-state index is 13.7. The maximum atomic E-state index is 13.7. The molecular weight excluding hydrogens is 241 g/mol. The van der Waals surface area contributed by atoms with Crippen molar-refractivity contribution < 1.29 is 9.13 Å². The smallest absolute Gasteiger partial charge is 0.129 e. The van der Waals surface area contributed by atoms with E-state index in [0.29, 0.717) is 6.10 Å². The highest BCUT2D eigenvalue weighted by Gasteiger charge is 2.22. The van der Waals surface area contributed by atoms with Gasteiger partial charge >= 0.3 is 0 Å².